The van der Waals surface area contributed by atoms with Crippen LogP contribution in [0.5, 0.6) is 17.2 Å². The van der Waals surface area contributed by atoms with E-state index >= 15 is 0 Å². The summed E-state index contributed by atoms with van der Waals surface area (Å²) < 4.78 is 84.7. The van der Waals surface area contributed by atoms with Crippen LogP contribution in [0.2, 0.25) is 0 Å². The molecule has 0 bridgehead atoms. The second-order valence-corrected chi connectivity index (χ2v) is 9.93. The lowest BCUT2D eigenvalue weighted by Crippen LogP contribution is -2.16. The Balaban J connectivity index is 1.96. The van der Waals surface area contributed by atoms with Crippen molar-refractivity contribution in [3.05, 3.63) is 66.5 Å². The summed E-state index contributed by atoms with van der Waals surface area (Å²) in [7, 11) is -4.19. The van der Waals surface area contributed by atoms with E-state index in [9.17, 15) is 21.2 Å². The number of halogens is 1. The second-order valence-electron chi connectivity index (χ2n) is 6.60. The van der Waals surface area contributed by atoms with Crippen molar-refractivity contribution in [3.8, 4) is 17.2 Å². The number of rotatable bonds is 9. The Morgan fingerprint density at radius 3 is 1.94 bits per heavy atom. The summed E-state index contributed by atoms with van der Waals surface area (Å²) in [5, 5.41) is 0. The van der Waals surface area contributed by atoms with E-state index in [0.29, 0.717) is 5.75 Å². The molecule has 0 aliphatic carbocycles. The average Bonchev–Trinajstić information content (AvgIpc) is 2.78. The molecule has 0 unspecified atom stereocenters. The van der Waals surface area contributed by atoms with Crippen LogP contribution < -0.4 is 23.7 Å². The van der Waals surface area contributed by atoms with Gasteiger partial charge in [0.05, 0.1) is 37.6 Å². The maximum absolute atomic E-state index is 13.2. The molecule has 0 saturated carbocycles. The summed E-state index contributed by atoms with van der Waals surface area (Å²) in [5.74, 6) is -0.0498. The first kappa shape index (κ1) is 24.1. The van der Waals surface area contributed by atoms with Gasteiger partial charge in [-0.05, 0) is 54.6 Å². The lowest BCUT2D eigenvalue weighted by molar-refractivity contribution is 0.392. The highest BCUT2D eigenvalue weighted by Crippen LogP contribution is 2.33. The van der Waals surface area contributed by atoms with E-state index in [1.165, 1.54) is 51.7 Å². The van der Waals surface area contributed by atoms with Crippen LogP contribution in [-0.2, 0) is 20.0 Å². The monoisotopic (exact) mass is 496 g/mol. The van der Waals surface area contributed by atoms with E-state index in [4.69, 9.17) is 14.2 Å². The fourth-order valence-corrected chi connectivity index (χ4v) is 5.17. The summed E-state index contributed by atoms with van der Waals surface area (Å²) in [4.78, 5) is -0.355. The molecule has 0 heterocycles. The average molecular weight is 497 g/mol. The Kier molecular flexibility index (Phi) is 6.98. The minimum Gasteiger partial charge on any atom is -0.497 e. The van der Waals surface area contributed by atoms with E-state index in [2.05, 4.69) is 9.44 Å². The van der Waals surface area contributed by atoms with Crippen molar-refractivity contribution in [2.24, 2.45) is 0 Å². The molecule has 0 amide bonds. The van der Waals surface area contributed by atoms with Gasteiger partial charge in [-0.1, -0.05) is 0 Å². The summed E-state index contributed by atoms with van der Waals surface area (Å²) in [6, 6.07) is 12.6. The fraction of sp³-hybridized carbons (Fsp3) is 0.143. The van der Waals surface area contributed by atoms with Gasteiger partial charge in [0.15, 0.2) is 0 Å². The summed E-state index contributed by atoms with van der Waals surface area (Å²) >= 11 is 0. The number of anilines is 2. The number of sulfonamides is 2. The molecule has 0 atom stereocenters. The predicted octanol–water partition coefficient (Wildman–Crippen LogP) is 3.45. The highest BCUT2D eigenvalue weighted by molar-refractivity contribution is 7.93. The summed E-state index contributed by atoms with van der Waals surface area (Å²) in [5.41, 5.74) is 0.0251. The lowest BCUT2D eigenvalue weighted by atomic mass is 10.2. The molecule has 2 N–H and O–H groups in total. The van der Waals surface area contributed by atoms with Gasteiger partial charge in [-0.2, -0.15) is 0 Å². The third-order valence-corrected chi connectivity index (χ3v) is 7.26. The predicted molar refractivity (Wildman–Crippen MR) is 121 cm³/mol. The zero-order chi connectivity index (χ0) is 24.2. The van der Waals surface area contributed by atoms with Gasteiger partial charge in [0.25, 0.3) is 20.0 Å². The van der Waals surface area contributed by atoms with Crippen molar-refractivity contribution >= 4 is 31.4 Å². The minimum atomic E-state index is -4.14. The molecule has 33 heavy (non-hydrogen) atoms. The van der Waals surface area contributed by atoms with E-state index in [-0.39, 0.29) is 32.7 Å². The number of ether oxygens (including phenoxy) is 3. The van der Waals surface area contributed by atoms with Crippen LogP contribution in [0, 0.1) is 5.82 Å². The highest BCUT2D eigenvalue weighted by atomic mass is 32.2. The fourth-order valence-electron chi connectivity index (χ4n) is 2.87. The number of nitrogens with one attached hydrogen (secondary N) is 2. The van der Waals surface area contributed by atoms with E-state index in [1.807, 2.05) is 0 Å². The molecule has 0 fully saturated rings. The molecule has 0 spiro atoms. The van der Waals surface area contributed by atoms with Crippen LogP contribution in [0.3, 0.4) is 0 Å². The van der Waals surface area contributed by atoms with Crippen molar-refractivity contribution in [2.75, 3.05) is 30.8 Å². The van der Waals surface area contributed by atoms with E-state index in [0.717, 1.165) is 24.3 Å². The largest absolute Gasteiger partial charge is 0.497 e. The second kappa shape index (κ2) is 9.55. The zero-order valence-corrected chi connectivity index (χ0v) is 19.5. The first-order valence-electron chi connectivity index (χ1n) is 9.31. The molecule has 3 aromatic rings. The van der Waals surface area contributed by atoms with Crippen molar-refractivity contribution in [3.63, 3.8) is 0 Å². The third-order valence-electron chi connectivity index (χ3n) is 4.48. The first-order valence-corrected chi connectivity index (χ1v) is 12.3. The maximum Gasteiger partial charge on any atom is 0.265 e. The highest BCUT2D eigenvalue weighted by Gasteiger charge is 2.22. The quantitative estimate of drug-likeness (QED) is 0.466. The molecule has 0 aliphatic rings. The molecule has 12 heteroatoms. The van der Waals surface area contributed by atoms with E-state index in [1.54, 1.807) is 6.07 Å². The molecular weight excluding hydrogens is 475 g/mol. The van der Waals surface area contributed by atoms with Crippen LogP contribution in [0.1, 0.15) is 0 Å². The van der Waals surface area contributed by atoms with Crippen LogP contribution in [0.15, 0.2) is 70.5 Å². The van der Waals surface area contributed by atoms with Gasteiger partial charge < -0.3 is 14.2 Å². The van der Waals surface area contributed by atoms with Gasteiger partial charge in [-0.25, -0.2) is 21.2 Å². The minimum absolute atomic E-state index is 0.0281. The molecule has 9 nitrogen and oxygen atoms in total. The molecule has 0 aliphatic heterocycles. The Hall–Kier alpha value is -3.51. The Bertz CT molecular complexity index is 1360. The number of benzene rings is 3. The van der Waals surface area contributed by atoms with Gasteiger partial charge in [0.2, 0.25) is 0 Å². The Morgan fingerprint density at radius 2 is 1.33 bits per heavy atom. The summed E-state index contributed by atoms with van der Waals surface area (Å²) in [6.07, 6.45) is 0. The van der Waals surface area contributed by atoms with Gasteiger partial charge in [-0.15, -0.1) is 0 Å². The zero-order valence-electron chi connectivity index (χ0n) is 17.8. The molecule has 176 valence electrons. The van der Waals surface area contributed by atoms with Gasteiger partial charge in [0.1, 0.15) is 28.0 Å². The number of hydrogen-bond donors (Lipinski definition) is 2. The van der Waals surface area contributed by atoms with Crippen LogP contribution in [-0.4, -0.2) is 38.2 Å². The van der Waals surface area contributed by atoms with Crippen molar-refractivity contribution in [1.82, 2.24) is 0 Å². The number of methoxy groups -OCH3 is 3. The SMILES string of the molecule is COc1ccc(OC)c(S(=O)(=O)Nc2ccc(OC)c(NS(=O)(=O)c3ccc(F)cc3)c2)c1. The maximum atomic E-state index is 13.2. The van der Waals surface area contributed by atoms with Crippen molar-refractivity contribution in [2.45, 2.75) is 9.79 Å². The topological polar surface area (TPSA) is 120 Å². The van der Waals surface area contributed by atoms with Crippen LogP contribution >= 0.6 is 0 Å². The summed E-state index contributed by atoms with van der Waals surface area (Å²) in [6.45, 7) is 0. The normalized spacial score (nSPS) is 11.5. The Morgan fingerprint density at radius 1 is 0.697 bits per heavy atom. The smallest absolute Gasteiger partial charge is 0.265 e. The molecule has 3 aromatic carbocycles. The van der Waals surface area contributed by atoms with Gasteiger partial charge in [-0.3, -0.25) is 9.44 Å². The van der Waals surface area contributed by atoms with Crippen LogP contribution in [0.25, 0.3) is 0 Å². The van der Waals surface area contributed by atoms with Crippen molar-refractivity contribution in [1.29, 1.82) is 0 Å². The number of hydrogen-bond acceptors (Lipinski definition) is 7. The molecule has 0 aromatic heterocycles. The third kappa shape index (κ3) is 5.46. The van der Waals surface area contributed by atoms with Crippen LogP contribution in [0.4, 0.5) is 15.8 Å². The van der Waals surface area contributed by atoms with Crippen molar-refractivity contribution < 1.29 is 35.4 Å². The molecule has 3 rings (SSSR count). The lowest BCUT2D eigenvalue weighted by Gasteiger charge is -2.16. The standard InChI is InChI=1S/C21H21FN2O7S2/c1-29-16-7-11-20(31-3)21(13-16)33(27,28)23-15-6-10-19(30-2)18(12-15)24-32(25,26)17-8-4-14(22)5-9-17/h4-13,23-24H,1-3H3. The van der Waals surface area contributed by atoms with E-state index < -0.39 is 25.9 Å². The molecule has 0 radical (unpaired) electrons. The first-order chi connectivity index (χ1) is 15.6. The Labute approximate surface area is 191 Å². The van der Waals surface area contributed by atoms with Gasteiger partial charge in [0, 0.05) is 6.07 Å². The van der Waals surface area contributed by atoms with Gasteiger partial charge >= 0.3 is 0 Å². The molecular formula is C21H21FN2O7S2. The molecule has 0 saturated heterocycles.